The van der Waals surface area contributed by atoms with E-state index in [-0.39, 0.29) is 16.4 Å². The standard InChI is InChI=1S/C15H18N4O3S/c1-3-19(4-2)9-5-6-10-12(7-9)22-14(21)11(13(10)20)8-17-18-15(16)23/h5-8,20H,3-4H2,1-2H3,(H3,16,18,23). The smallest absolute Gasteiger partial charge is 0.349 e. The van der Waals surface area contributed by atoms with Crippen LogP contribution in [-0.2, 0) is 0 Å². The molecule has 1 heterocycles. The second kappa shape index (κ2) is 7.10. The zero-order valence-electron chi connectivity index (χ0n) is 12.9. The number of rotatable bonds is 5. The largest absolute Gasteiger partial charge is 0.506 e. The second-order valence-electron chi connectivity index (χ2n) is 4.74. The van der Waals surface area contributed by atoms with Gasteiger partial charge in [0.15, 0.2) is 5.11 Å². The summed E-state index contributed by atoms with van der Waals surface area (Å²) in [5, 5.41) is 14.3. The van der Waals surface area contributed by atoms with Crippen molar-refractivity contribution in [3.8, 4) is 5.75 Å². The molecule has 0 amide bonds. The first-order valence-corrected chi connectivity index (χ1v) is 7.52. The van der Waals surface area contributed by atoms with Gasteiger partial charge in [-0.05, 0) is 38.2 Å². The molecule has 4 N–H and O–H groups in total. The lowest BCUT2D eigenvalue weighted by molar-refractivity contribution is 0.466. The van der Waals surface area contributed by atoms with E-state index in [0.717, 1.165) is 25.0 Å². The number of aromatic hydroxyl groups is 1. The molecule has 0 unspecified atom stereocenters. The molecular formula is C15H18N4O3S. The molecule has 23 heavy (non-hydrogen) atoms. The lowest BCUT2D eigenvalue weighted by Gasteiger charge is -2.21. The summed E-state index contributed by atoms with van der Waals surface area (Å²) in [4.78, 5) is 14.1. The number of hydrogen-bond acceptors (Lipinski definition) is 6. The molecule has 0 bridgehead atoms. The first kappa shape index (κ1) is 16.8. The third-order valence-electron chi connectivity index (χ3n) is 3.39. The minimum atomic E-state index is -0.694. The summed E-state index contributed by atoms with van der Waals surface area (Å²) in [5.41, 5.74) is 8.02. The van der Waals surface area contributed by atoms with E-state index in [4.69, 9.17) is 10.2 Å². The van der Waals surface area contributed by atoms with Gasteiger partial charge in [-0.1, -0.05) is 0 Å². The van der Waals surface area contributed by atoms with Crippen LogP contribution in [-0.4, -0.2) is 29.5 Å². The normalized spacial score (nSPS) is 11.0. The topological polar surface area (TPSA) is 104 Å². The van der Waals surface area contributed by atoms with Crippen molar-refractivity contribution in [3.63, 3.8) is 0 Å². The Morgan fingerprint density at radius 1 is 1.48 bits per heavy atom. The summed E-state index contributed by atoms with van der Waals surface area (Å²) in [5.74, 6) is -0.198. The van der Waals surface area contributed by atoms with E-state index < -0.39 is 5.63 Å². The fraction of sp³-hybridized carbons (Fsp3) is 0.267. The van der Waals surface area contributed by atoms with E-state index in [1.165, 1.54) is 0 Å². The third kappa shape index (κ3) is 3.59. The molecule has 0 atom stereocenters. The van der Waals surface area contributed by atoms with Crippen LogP contribution in [0.5, 0.6) is 5.75 Å². The Morgan fingerprint density at radius 2 is 2.17 bits per heavy atom. The predicted octanol–water partition coefficient (Wildman–Crippen LogP) is 1.51. The lowest BCUT2D eigenvalue weighted by atomic mass is 10.1. The van der Waals surface area contributed by atoms with Gasteiger partial charge >= 0.3 is 5.63 Å². The van der Waals surface area contributed by atoms with Crippen LogP contribution in [0, 0.1) is 0 Å². The predicted molar refractivity (Wildman–Crippen MR) is 95.2 cm³/mol. The van der Waals surface area contributed by atoms with Gasteiger partial charge in [0.1, 0.15) is 16.9 Å². The van der Waals surface area contributed by atoms with Crippen LogP contribution in [0.1, 0.15) is 19.4 Å². The third-order valence-corrected chi connectivity index (χ3v) is 3.49. The number of nitrogens with one attached hydrogen (secondary N) is 1. The van der Waals surface area contributed by atoms with Gasteiger partial charge < -0.3 is 20.2 Å². The molecule has 0 aliphatic rings. The lowest BCUT2D eigenvalue weighted by Crippen LogP contribution is -2.24. The Labute approximate surface area is 138 Å². The van der Waals surface area contributed by atoms with Crippen molar-refractivity contribution >= 4 is 40.2 Å². The Bertz CT molecular complexity index is 812. The first-order valence-electron chi connectivity index (χ1n) is 7.11. The Hall–Kier alpha value is -2.61. The monoisotopic (exact) mass is 334 g/mol. The Balaban J connectivity index is 2.51. The van der Waals surface area contributed by atoms with Crippen molar-refractivity contribution in [1.29, 1.82) is 0 Å². The SMILES string of the molecule is CCN(CC)c1ccc2c(O)c(C=NNC(N)=S)c(=O)oc2c1. The van der Waals surface area contributed by atoms with E-state index >= 15 is 0 Å². The van der Waals surface area contributed by atoms with E-state index in [9.17, 15) is 9.90 Å². The average Bonchev–Trinajstić information content (AvgIpc) is 2.51. The maximum absolute atomic E-state index is 12.0. The summed E-state index contributed by atoms with van der Waals surface area (Å²) >= 11 is 4.60. The van der Waals surface area contributed by atoms with Gasteiger partial charge in [-0.25, -0.2) is 4.79 Å². The van der Waals surface area contributed by atoms with Gasteiger partial charge in [-0.3, -0.25) is 5.43 Å². The number of benzene rings is 1. The van der Waals surface area contributed by atoms with Gasteiger partial charge in [-0.2, -0.15) is 5.10 Å². The van der Waals surface area contributed by atoms with Crippen LogP contribution < -0.4 is 21.7 Å². The number of anilines is 1. The second-order valence-corrected chi connectivity index (χ2v) is 5.18. The molecule has 0 saturated carbocycles. The molecule has 2 aromatic rings. The average molecular weight is 334 g/mol. The highest BCUT2D eigenvalue weighted by atomic mass is 32.1. The molecule has 1 aromatic heterocycles. The Kier molecular flexibility index (Phi) is 5.17. The number of hydrazone groups is 1. The molecule has 0 spiro atoms. The molecule has 0 saturated heterocycles. The zero-order valence-corrected chi connectivity index (χ0v) is 13.7. The van der Waals surface area contributed by atoms with Crippen LogP contribution in [0.2, 0.25) is 0 Å². The van der Waals surface area contributed by atoms with Crippen molar-refractivity contribution in [2.45, 2.75) is 13.8 Å². The quantitative estimate of drug-likeness (QED) is 0.329. The molecule has 122 valence electrons. The number of hydrogen-bond donors (Lipinski definition) is 3. The van der Waals surface area contributed by atoms with Crippen molar-refractivity contribution in [3.05, 3.63) is 34.2 Å². The van der Waals surface area contributed by atoms with Gasteiger partial charge in [0.25, 0.3) is 0 Å². The van der Waals surface area contributed by atoms with Crippen LogP contribution in [0.15, 0.2) is 32.5 Å². The summed E-state index contributed by atoms with van der Waals surface area (Å²) in [6, 6.07) is 5.31. The number of fused-ring (bicyclic) bond motifs is 1. The highest BCUT2D eigenvalue weighted by Crippen LogP contribution is 2.29. The van der Waals surface area contributed by atoms with E-state index in [2.05, 4.69) is 27.6 Å². The summed E-state index contributed by atoms with van der Waals surface area (Å²) in [6.07, 6.45) is 1.12. The maximum Gasteiger partial charge on any atom is 0.349 e. The molecule has 0 radical (unpaired) electrons. The van der Waals surface area contributed by atoms with Gasteiger partial charge in [-0.15, -0.1) is 0 Å². The molecule has 8 heteroatoms. The highest BCUT2D eigenvalue weighted by Gasteiger charge is 2.14. The minimum Gasteiger partial charge on any atom is -0.506 e. The van der Waals surface area contributed by atoms with E-state index in [1.807, 2.05) is 19.9 Å². The summed E-state index contributed by atoms with van der Waals surface area (Å²) in [7, 11) is 0. The fourth-order valence-corrected chi connectivity index (χ4v) is 2.30. The first-order chi connectivity index (χ1) is 11.0. The zero-order chi connectivity index (χ0) is 17.0. The van der Waals surface area contributed by atoms with Crippen LogP contribution in [0.25, 0.3) is 11.0 Å². The maximum atomic E-state index is 12.0. The van der Waals surface area contributed by atoms with E-state index in [0.29, 0.717) is 11.0 Å². The summed E-state index contributed by atoms with van der Waals surface area (Å²) < 4.78 is 5.29. The van der Waals surface area contributed by atoms with Crippen LogP contribution >= 0.6 is 12.2 Å². The number of thiocarbonyl (C=S) groups is 1. The van der Waals surface area contributed by atoms with Crippen LogP contribution in [0.4, 0.5) is 5.69 Å². The molecule has 0 aliphatic carbocycles. The van der Waals surface area contributed by atoms with E-state index in [1.54, 1.807) is 12.1 Å². The molecular weight excluding hydrogens is 316 g/mol. The van der Waals surface area contributed by atoms with Crippen molar-refractivity contribution in [1.82, 2.24) is 5.43 Å². The molecule has 2 rings (SSSR count). The Morgan fingerprint density at radius 3 is 2.78 bits per heavy atom. The van der Waals surface area contributed by atoms with Crippen molar-refractivity contribution < 1.29 is 9.52 Å². The number of nitrogens with two attached hydrogens (primary N) is 1. The fourth-order valence-electron chi connectivity index (χ4n) is 2.25. The van der Waals surface area contributed by atoms with Crippen molar-refractivity contribution in [2.24, 2.45) is 10.8 Å². The summed E-state index contributed by atoms with van der Waals surface area (Å²) in [6.45, 7) is 5.73. The minimum absolute atomic E-state index is 0.0465. The molecule has 1 aromatic carbocycles. The van der Waals surface area contributed by atoms with Crippen molar-refractivity contribution in [2.75, 3.05) is 18.0 Å². The molecule has 0 aliphatic heterocycles. The van der Waals surface area contributed by atoms with Gasteiger partial charge in [0, 0.05) is 24.8 Å². The van der Waals surface area contributed by atoms with Gasteiger partial charge in [0.05, 0.1) is 11.6 Å². The van der Waals surface area contributed by atoms with Gasteiger partial charge in [0.2, 0.25) is 0 Å². The highest BCUT2D eigenvalue weighted by molar-refractivity contribution is 7.80. The molecule has 7 nitrogen and oxygen atoms in total. The molecule has 0 fully saturated rings. The van der Waals surface area contributed by atoms with Crippen LogP contribution in [0.3, 0.4) is 0 Å². The number of nitrogens with zero attached hydrogens (tertiary/aromatic N) is 2.